The molecule has 1 atom stereocenters. The molecule has 1 aliphatic heterocycles. The molecular formula is C18H29N3O4S2. The quantitative estimate of drug-likeness (QED) is 0.287. The summed E-state index contributed by atoms with van der Waals surface area (Å²) in [6.45, 7) is 4.78. The number of likely N-dealkylation sites (tertiary alicyclic amines) is 1. The third kappa shape index (κ3) is 8.06. The Hall–Kier alpha value is -1.32. The number of carbonyl (C=O) groups excluding carboxylic acids is 1. The molecule has 0 saturated carbocycles. The number of aromatic nitrogens is 1. The Labute approximate surface area is 168 Å². The van der Waals surface area contributed by atoms with Crippen LogP contribution in [0.15, 0.2) is 9.72 Å². The van der Waals surface area contributed by atoms with Gasteiger partial charge in [0.05, 0.1) is 5.38 Å². The fraction of sp³-hybridized carbons (Fsp3) is 0.722. The summed E-state index contributed by atoms with van der Waals surface area (Å²) in [5.41, 5.74) is 0. The number of nitrogens with one attached hydrogen (secondary N) is 1. The number of rotatable bonds is 13. The van der Waals surface area contributed by atoms with E-state index in [4.69, 9.17) is 5.11 Å². The van der Waals surface area contributed by atoms with Crippen molar-refractivity contribution in [3.8, 4) is 5.88 Å². The van der Waals surface area contributed by atoms with Crippen LogP contribution in [0.4, 0.5) is 4.79 Å². The van der Waals surface area contributed by atoms with Gasteiger partial charge in [-0.05, 0) is 19.4 Å². The second-order valence-electron chi connectivity index (χ2n) is 6.57. The highest BCUT2D eigenvalue weighted by molar-refractivity contribution is 8.01. The van der Waals surface area contributed by atoms with E-state index in [0.717, 1.165) is 29.6 Å². The number of hydrogen-bond acceptors (Lipinski definition) is 7. The molecule has 1 aliphatic rings. The van der Waals surface area contributed by atoms with Gasteiger partial charge < -0.3 is 20.1 Å². The first-order chi connectivity index (χ1) is 13.1. The van der Waals surface area contributed by atoms with Crippen LogP contribution in [0.2, 0.25) is 0 Å². The van der Waals surface area contributed by atoms with Gasteiger partial charge in [-0.25, -0.2) is 4.79 Å². The van der Waals surface area contributed by atoms with Crippen molar-refractivity contribution >= 4 is 35.2 Å². The van der Waals surface area contributed by atoms with E-state index < -0.39 is 6.16 Å². The molecule has 0 aliphatic carbocycles. The molecule has 0 aromatic carbocycles. The molecule has 0 radical (unpaired) electrons. The first kappa shape index (κ1) is 22.0. The van der Waals surface area contributed by atoms with Crippen molar-refractivity contribution in [3.63, 3.8) is 0 Å². The van der Waals surface area contributed by atoms with Crippen LogP contribution < -0.4 is 10.1 Å². The lowest BCUT2D eigenvalue weighted by Gasteiger charge is -2.25. The zero-order valence-electron chi connectivity index (χ0n) is 15.8. The number of carboxylic acid groups (broad SMARTS) is 1. The van der Waals surface area contributed by atoms with Crippen LogP contribution in [0.5, 0.6) is 5.88 Å². The Morgan fingerprint density at radius 3 is 3.04 bits per heavy atom. The first-order valence-electron chi connectivity index (χ1n) is 9.59. The highest BCUT2D eigenvalue weighted by Crippen LogP contribution is 2.27. The molecule has 1 saturated heterocycles. The maximum atomic E-state index is 12.2. The fourth-order valence-electron chi connectivity index (χ4n) is 3.11. The minimum Gasteiger partial charge on any atom is -0.449 e. The molecule has 152 valence electrons. The summed E-state index contributed by atoms with van der Waals surface area (Å²) in [5, 5.41) is 13.7. The van der Waals surface area contributed by atoms with E-state index in [2.05, 4.69) is 22.0 Å². The molecular weight excluding hydrogens is 386 g/mol. The van der Waals surface area contributed by atoms with Gasteiger partial charge in [0.2, 0.25) is 11.8 Å². The summed E-state index contributed by atoms with van der Waals surface area (Å²) < 4.78 is 5.27. The lowest BCUT2D eigenvalue weighted by Crippen LogP contribution is -2.41. The molecule has 0 spiro atoms. The predicted molar refractivity (Wildman–Crippen MR) is 108 cm³/mol. The smallest absolute Gasteiger partial charge is 0.449 e. The summed E-state index contributed by atoms with van der Waals surface area (Å²) in [7, 11) is 0. The third-order valence-corrected chi connectivity index (χ3v) is 6.48. The zero-order chi connectivity index (χ0) is 19.5. The first-order valence-corrected chi connectivity index (χ1v) is 11.5. The maximum absolute atomic E-state index is 12.2. The monoisotopic (exact) mass is 415 g/mol. The van der Waals surface area contributed by atoms with Crippen LogP contribution in [-0.2, 0) is 4.79 Å². The van der Waals surface area contributed by atoms with Crippen LogP contribution >= 0.6 is 23.1 Å². The molecule has 2 rings (SSSR count). The highest BCUT2D eigenvalue weighted by atomic mass is 32.2. The largest absolute Gasteiger partial charge is 0.512 e. The van der Waals surface area contributed by atoms with E-state index in [1.54, 1.807) is 5.38 Å². The van der Waals surface area contributed by atoms with Crippen LogP contribution in [0.25, 0.3) is 0 Å². The molecule has 1 aromatic heterocycles. The van der Waals surface area contributed by atoms with Crippen LogP contribution in [0.3, 0.4) is 0 Å². The Bertz CT molecular complexity index is 597. The van der Waals surface area contributed by atoms with Crippen molar-refractivity contribution < 1.29 is 19.4 Å². The third-order valence-electron chi connectivity index (χ3n) is 4.50. The van der Waals surface area contributed by atoms with Crippen LogP contribution in [0, 0.1) is 0 Å². The lowest BCUT2D eigenvalue weighted by molar-refractivity contribution is -0.128. The Morgan fingerprint density at radius 1 is 1.44 bits per heavy atom. The Morgan fingerprint density at radius 2 is 2.26 bits per heavy atom. The summed E-state index contributed by atoms with van der Waals surface area (Å²) >= 11 is 2.87. The average molecular weight is 416 g/mol. The number of ether oxygens (including phenoxy) is 1. The second-order valence-corrected chi connectivity index (χ2v) is 8.77. The minimum absolute atomic E-state index is 0.105. The predicted octanol–water partition coefficient (Wildman–Crippen LogP) is 3.84. The second kappa shape index (κ2) is 12.2. The highest BCUT2D eigenvalue weighted by Gasteiger charge is 2.30. The van der Waals surface area contributed by atoms with Crippen molar-refractivity contribution in [2.75, 3.05) is 25.4 Å². The molecule has 2 heterocycles. The molecule has 27 heavy (non-hydrogen) atoms. The number of carbonyl (C=O) groups is 2. The van der Waals surface area contributed by atoms with Gasteiger partial charge in [0, 0.05) is 31.3 Å². The Balaban J connectivity index is 1.65. The van der Waals surface area contributed by atoms with Crippen LogP contribution in [0.1, 0.15) is 51.9 Å². The summed E-state index contributed by atoms with van der Waals surface area (Å²) in [4.78, 5) is 28.7. The number of thiazole rings is 1. The van der Waals surface area contributed by atoms with E-state index in [1.807, 2.05) is 4.90 Å². The van der Waals surface area contributed by atoms with E-state index in [1.165, 1.54) is 55.2 Å². The van der Waals surface area contributed by atoms with Gasteiger partial charge in [-0.15, -0.1) is 11.3 Å². The topological polar surface area (TPSA) is 91.8 Å². The van der Waals surface area contributed by atoms with E-state index >= 15 is 0 Å². The molecule has 1 aromatic rings. The normalized spacial score (nSPS) is 16.9. The number of unbranched alkanes of at least 4 members (excludes halogenated alkanes) is 4. The average Bonchev–Trinajstić information content (AvgIpc) is 3.21. The summed E-state index contributed by atoms with van der Waals surface area (Å²) in [5.74, 6) is 1.06. The minimum atomic E-state index is -1.36. The van der Waals surface area contributed by atoms with Gasteiger partial charge in [0.15, 0.2) is 4.34 Å². The maximum Gasteiger partial charge on any atom is 0.512 e. The molecule has 1 fully saturated rings. The summed E-state index contributed by atoms with van der Waals surface area (Å²) in [6, 6.07) is 0.274. The van der Waals surface area contributed by atoms with Gasteiger partial charge >= 0.3 is 6.16 Å². The van der Waals surface area contributed by atoms with Crippen molar-refractivity contribution in [2.24, 2.45) is 0 Å². The number of hydrogen-bond donors (Lipinski definition) is 2. The van der Waals surface area contributed by atoms with E-state index in [9.17, 15) is 9.59 Å². The summed E-state index contributed by atoms with van der Waals surface area (Å²) in [6.07, 6.45) is 6.53. The molecule has 1 amide bonds. The molecule has 7 nitrogen and oxygen atoms in total. The molecule has 0 unspecified atom stereocenters. The lowest BCUT2D eigenvalue weighted by atomic mass is 10.1. The molecule has 9 heteroatoms. The van der Waals surface area contributed by atoms with Gasteiger partial charge in [-0.1, -0.05) is 44.4 Å². The van der Waals surface area contributed by atoms with Crippen molar-refractivity contribution in [1.29, 1.82) is 0 Å². The fourth-order valence-corrected chi connectivity index (χ4v) is 4.84. The molecule has 0 bridgehead atoms. The van der Waals surface area contributed by atoms with Crippen molar-refractivity contribution in [1.82, 2.24) is 15.2 Å². The van der Waals surface area contributed by atoms with E-state index in [0.29, 0.717) is 13.0 Å². The zero-order valence-corrected chi connectivity index (χ0v) is 17.4. The van der Waals surface area contributed by atoms with Gasteiger partial charge in [0.25, 0.3) is 0 Å². The number of thioether (sulfide) groups is 1. The van der Waals surface area contributed by atoms with Crippen molar-refractivity contribution in [3.05, 3.63) is 5.38 Å². The van der Waals surface area contributed by atoms with Gasteiger partial charge in [-0.2, -0.15) is 4.98 Å². The standard InChI is InChI=1S/C18H29N3O4S2/c1-2-3-4-5-6-9-19-12-14-7-8-16(22)21(14)10-11-26-17-20-15(13-27-17)25-18(23)24/h13-14,19H,2-12H2,1H3,(H,23,24)/t14-/m1/s1. The number of amides is 1. The van der Waals surface area contributed by atoms with Crippen LogP contribution in [-0.4, -0.2) is 58.5 Å². The van der Waals surface area contributed by atoms with Crippen molar-refractivity contribution in [2.45, 2.75) is 62.3 Å². The van der Waals surface area contributed by atoms with E-state index in [-0.39, 0.29) is 17.8 Å². The SMILES string of the molecule is CCCCCCCNC[C@H]1CCC(=O)N1CCSc1nc(OC(=O)O)cs1. The van der Waals surface area contributed by atoms with Gasteiger partial charge in [-0.3, -0.25) is 4.79 Å². The van der Waals surface area contributed by atoms with Gasteiger partial charge in [0.1, 0.15) is 0 Å². The molecule has 2 N–H and O–H groups in total. The number of nitrogens with zero attached hydrogens (tertiary/aromatic N) is 2. The Kier molecular flexibility index (Phi) is 9.93.